The van der Waals surface area contributed by atoms with Gasteiger partial charge in [-0.25, -0.2) is 4.79 Å². The Morgan fingerprint density at radius 3 is 2.88 bits per heavy atom. The summed E-state index contributed by atoms with van der Waals surface area (Å²) < 4.78 is 4.74. The van der Waals surface area contributed by atoms with E-state index >= 15 is 0 Å². The number of esters is 1. The number of carbonyl (C=O) groups is 1. The van der Waals surface area contributed by atoms with Crippen LogP contribution in [-0.2, 0) is 9.53 Å². The summed E-state index contributed by atoms with van der Waals surface area (Å²) in [5, 5.41) is 10.4. The molecule has 90 valence electrons. The second-order valence-electron chi connectivity index (χ2n) is 3.14. The Hall–Kier alpha value is -2.24. The first-order valence-corrected chi connectivity index (χ1v) is 5.04. The van der Waals surface area contributed by atoms with Gasteiger partial charge in [0.2, 0.25) is 6.54 Å². The first-order valence-electron chi connectivity index (χ1n) is 5.04. The van der Waals surface area contributed by atoms with Crippen molar-refractivity contribution in [3.05, 3.63) is 45.8 Å². The highest BCUT2D eigenvalue weighted by Crippen LogP contribution is 2.06. The van der Waals surface area contributed by atoms with E-state index < -0.39 is 17.4 Å². The lowest BCUT2D eigenvalue weighted by Crippen LogP contribution is -2.15. The van der Waals surface area contributed by atoms with Crippen molar-refractivity contribution in [1.82, 2.24) is 4.98 Å². The Balaban J connectivity index is 2.93. The number of ether oxygens (including phenoxy) is 1. The van der Waals surface area contributed by atoms with E-state index in [4.69, 9.17) is 4.74 Å². The molecule has 1 aromatic heterocycles. The van der Waals surface area contributed by atoms with Crippen LogP contribution in [0.3, 0.4) is 0 Å². The molecule has 1 aromatic rings. The maximum atomic E-state index is 11.5. The van der Waals surface area contributed by atoms with Crippen LogP contribution in [0.4, 0.5) is 0 Å². The van der Waals surface area contributed by atoms with E-state index in [9.17, 15) is 14.9 Å². The highest BCUT2D eigenvalue weighted by atomic mass is 16.6. The molecule has 0 unspecified atom stereocenters. The van der Waals surface area contributed by atoms with Crippen molar-refractivity contribution in [3.8, 4) is 0 Å². The fraction of sp³-hybridized carbons (Fsp3) is 0.273. The SMILES string of the molecule is CCOC(=O)C(=Cc1ccccn1)C[N+](=O)[O-]. The molecule has 6 heteroatoms. The fourth-order valence-corrected chi connectivity index (χ4v) is 1.17. The van der Waals surface area contributed by atoms with Crippen molar-refractivity contribution in [1.29, 1.82) is 0 Å². The van der Waals surface area contributed by atoms with Gasteiger partial charge in [-0.05, 0) is 25.1 Å². The Labute approximate surface area is 98.1 Å². The average Bonchev–Trinajstić information content (AvgIpc) is 2.29. The third-order valence-corrected chi connectivity index (χ3v) is 1.85. The number of aromatic nitrogens is 1. The van der Waals surface area contributed by atoms with E-state index in [2.05, 4.69) is 4.98 Å². The Kier molecular flexibility index (Phi) is 4.80. The number of pyridine rings is 1. The molecule has 0 fully saturated rings. The summed E-state index contributed by atoms with van der Waals surface area (Å²) in [6.45, 7) is 1.24. The van der Waals surface area contributed by atoms with Crippen LogP contribution in [0.15, 0.2) is 30.0 Å². The molecule has 0 atom stereocenters. The summed E-state index contributed by atoms with van der Waals surface area (Å²) in [5.74, 6) is -0.685. The lowest BCUT2D eigenvalue weighted by Gasteiger charge is -2.02. The molecular weight excluding hydrogens is 224 g/mol. The van der Waals surface area contributed by atoms with Crippen LogP contribution in [0.2, 0.25) is 0 Å². The highest BCUT2D eigenvalue weighted by molar-refractivity contribution is 5.93. The molecule has 0 aliphatic carbocycles. The number of rotatable bonds is 5. The number of nitro groups is 1. The molecule has 0 N–H and O–H groups in total. The maximum absolute atomic E-state index is 11.5. The van der Waals surface area contributed by atoms with Gasteiger partial charge in [0.25, 0.3) is 0 Å². The molecule has 0 saturated carbocycles. The first kappa shape index (κ1) is 12.8. The van der Waals surface area contributed by atoms with Gasteiger partial charge in [0, 0.05) is 11.1 Å². The van der Waals surface area contributed by atoms with Gasteiger partial charge in [0.1, 0.15) is 5.57 Å². The van der Waals surface area contributed by atoms with Crippen molar-refractivity contribution in [2.75, 3.05) is 13.2 Å². The Morgan fingerprint density at radius 1 is 1.59 bits per heavy atom. The van der Waals surface area contributed by atoms with Gasteiger partial charge < -0.3 is 4.74 Å². The van der Waals surface area contributed by atoms with Gasteiger partial charge in [-0.2, -0.15) is 0 Å². The zero-order valence-electron chi connectivity index (χ0n) is 9.33. The topological polar surface area (TPSA) is 82.3 Å². The van der Waals surface area contributed by atoms with Crippen LogP contribution < -0.4 is 0 Å². The van der Waals surface area contributed by atoms with E-state index in [-0.39, 0.29) is 12.2 Å². The fourth-order valence-electron chi connectivity index (χ4n) is 1.17. The second kappa shape index (κ2) is 6.37. The summed E-state index contributed by atoms with van der Waals surface area (Å²) in [6, 6.07) is 5.10. The smallest absolute Gasteiger partial charge is 0.340 e. The molecule has 0 saturated heterocycles. The van der Waals surface area contributed by atoms with Crippen LogP contribution >= 0.6 is 0 Å². The molecule has 0 bridgehead atoms. The van der Waals surface area contributed by atoms with Crippen LogP contribution in [0.25, 0.3) is 6.08 Å². The van der Waals surface area contributed by atoms with E-state index in [1.54, 1.807) is 31.3 Å². The predicted molar refractivity (Wildman–Crippen MR) is 60.7 cm³/mol. The molecular formula is C11H12N2O4. The van der Waals surface area contributed by atoms with Crippen molar-refractivity contribution in [2.45, 2.75) is 6.92 Å². The van der Waals surface area contributed by atoms with Crippen molar-refractivity contribution in [2.24, 2.45) is 0 Å². The normalized spacial score (nSPS) is 11.0. The van der Waals surface area contributed by atoms with Gasteiger partial charge in [0.15, 0.2) is 0 Å². The van der Waals surface area contributed by atoms with E-state index in [0.29, 0.717) is 5.69 Å². The second-order valence-corrected chi connectivity index (χ2v) is 3.14. The molecule has 17 heavy (non-hydrogen) atoms. The van der Waals surface area contributed by atoms with Gasteiger partial charge in [-0.15, -0.1) is 0 Å². The molecule has 6 nitrogen and oxygen atoms in total. The van der Waals surface area contributed by atoms with Gasteiger partial charge in [0.05, 0.1) is 12.3 Å². The Bertz CT molecular complexity index is 428. The summed E-state index contributed by atoms with van der Waals surface area (Å²) in [5.41, 5.74) is 0.466. The Morgan fingerprint density at radius 2 is 2.35 bits per heavy atom. The molecule has 0 aliphatic heterocycles. The minimum atomic E-state index is -0.685. The van der Waals surface area contributed by atoms with Gasteiger partial charge in [-0.3, -0.25) is 15.1 Å². The first-order chi connectivity index (χ1) is 8.13. The number of hydrogen-bond acceptors (Lipinski definition) is 5. The molecule has 0 amide bonds. The molecule has 0 aliphatic rings. The summed E-state index contributed by atoms with van der Waals surface area (Å²) in [6.07, 6.45) is 2.90. The van der Waals surface area contributed by atoms with Crippen molar-refractivity contribution >= 4 is 12.0 Å². The third-order valence-electron chi connectivity index (χ3n) is 1.85. The minimum Gasteiger partial charge on any atom is -0.462 e. The standard InChI is InChI=1S/C11H12N2O4/c1-2-17-11(14)9(8-13(15)16)7-10-5-3-4-6-12-10/h3-7H,2,8H2,1H3. The predicted octanol–water partition coefficient (Wildman–Crippen LogP) is 1.30. The quantitative estimate of drug-likeness (QED) is 0.333. The van der Waals surface area contributed by atoms with E-state index in [1.807, 2.05) is 0 Å². The zero-order chi connectivity index (χ0) is 12.7. The van der Waals surface area contributed by atoms with Crippen LogP contribution in [-0.4, -0.2) is 29.0 Å². The van der Waals surface area contributed by atoms with Crippen LogP contribution in [0.5, 0.6) is 0 Å². The number of nitrogens with zero attached hydrogens (tertiary/aromatic N) is 2. The summed E-state index contributed by atoms with van der Waals surface area (Å²) in [7, 11) is 0. The summed E-state index contributed by atoms with van der Waals surface area (Å²) >= 11 is 0. The lowest BCUT2D eigenvalue weighted by atomic mass is 10.2. The van der Waals surface area contributed by atoms with E-state index in [1.165, 1.54) is 6.08 Å². The van der Waals surface area contributed by atoms with Gasteiger partial charge >= 0.3 is 5.97 Å². The minimum absolute atomic E-state index is 0.0180. The molecule has 0 radical (unpaired) electrons. The molecule has 0 spiro atoms. The molecule has 1 heterocycles. The highest BCUT2D eigenvalue weighted by Gasteiger charge is 2.16. The lowest BCUT2D eigenvalue weighted by molar-refractivity contribution is -0.470. The largest absolute Gasteiger partial charge is 0.462 e. The average molecular weight is 236 g/mol. The summed E-state index contributed by atoms with van der Waals surface area (Å²) in [4.78, 5) is 25.3. The van der Waals surface area contributed by atoms with Gasteiger partial charge in [-0.1, -0.05) is 6.07 Å². The van der Waals surface area contributed by atoms with Crippen LogP contribution in [0, 0.1) is 10.1 Å². The molecule has 0 aromatic carbocycles. The zero-order valence-corrected chi connectivity index (χ0v) is 9.33. The number of hydrogen-bond donors (Lipinski definition) is 0. The maximum Gasteiger partial charge on any atom is 0.340 e. The molecule has 1 rings (SSSR count). The van der Waals surface area contributed by atoms with Crippen molar-refractivity contribution < 1.29 is 14.5 Å². The third kappa shape index (κ3) is 4.42. The number of carbonyl (C=O) groups excluding carboxylic acids is 1. The van der Waals surface area contributed by atoms with Crippen LogP contribution in [0.1, 0.15) is 12.6 Å². The monoisotopic (exact) mass is 236 g/mol. The van der Waals surface area contributed by atoms with Crippen molar-refractivity contribution in [3.63, 3.8) is 0 Å². The van der Waals surface area contributed by atoms with E-state index in [0.717, 1.165) is 0 Å².